The molecule has 0 heterocycles. The van der Waals surface area contributed by atoms with Crippen LogP contribution in [0.5, 0.6) is 0 Å². The molecule has 0 aliphatic heterocycles. The fourth-order valence-corrected chi connectivity index (χ4v) is 4.40. The first-order valence-electron chi connectivity index (χ1n) is 6.59. The lowest BCUT2D eigenvalue weighted by atomic mass is 10.2. The van der Waals surface area contributed by atoms with Crippen molar-refractivity contribution in [3.63, 3.8) is 0 Å². The zero-order valence-electron chi connectivity index (χ0n) is 12.2. The zero-order chi connectivity index (χ0) is 15.5. The van der Waals surface area contributed by atoms with Crippen LogP contribution in [-0.4, -0.2) is 25.8 Å². The first-order valence-corrected chi connectivity index (χ1v) is 8.79. The number of nitrogens with zero attached hydrogens (tertiary/aromatic N) is 1. The molecule has 0 N–H and O–H groups in total. The molecule has 0 aliphatic rings. The zero-order valence-corrected chi connectivity index (χ0v) is 14.6. The van der Waals surface area contributed by atoms with Crippen LogP contribution in [-0.2, 0) is 10.0 Å². The van der Waals surface area contributed by atoms with E-state index in [2.05, 4.69) is 0 Å². The van der Waals surface area contributed by atoms with Gasteiger partial charge in [-0.25, -0.2) is 8.42 Å². The fourth-order valence-electron chi connectivity index (χ4n) is 1.90. The van der Waals surface area contributed by atoms with E-state index in [-0.39, 0.29) is 21.8 Å². The Morgan fingerprint density at radius 3 is 2.00 bits per heavy atom. The first-order chi connectivity index (χ1) is 9.14. The van der Waals surface area contributed by atoms with Gasteiger partial charge in [0.05, 0.1) is 5.02 Å². The Hall–Kier alpha value is -0.290. The van der Waals surface area contributed by atoms with E-state index >= 15 is 0 Å². The number of rotatable bonds is 6. The highest BCUT2D eigenvalue weighted by molar-refractivity contribution is 7.89. The molecule has 0 radical (unpaired) electrons. The van der Waals surface area contributed by atoms with Gasteiger partial charge in [0.1, 0.15) is 4.90 Å². The van der Waals surface area contributed by atoms with Gasteiger partial charge in [-0.15, -0.1) is 0 Å². The molecular weight excluding hydrogens is 317 g/mol. The summed E-state index contributed by atoms with van der Waals surface area (Å²) in [7, 11) is -3.63. The Kier molecular flexibility index (Phi) is 6.32. The molecule has 0 aromatic heterocycles. The molecule has 0 unspecified atom stereocenters. The van der Waals surface area contributed by atoms with Crippen LogP contribution < -0.4 is 0 Å². The molecule has 1 aromatic rings. The minimum Gasteiger partial charge on any atom is -0.207 e. The summed E-state index contributed by atoms with van der Waals surface area (Å²) in [5, 5.41) is 0.564. The second kappa shape index (κ2) is 7.12. The van der Waals surface area contributed by atoms with E-state index in [0.717, 1.165) is 0 Å². The topological polar surface area (TPSA) is 37.4 Å². The van der Waals surface area contributed by atoms with Gasteiger partial charge in [-0.2, -0.15) is 4.31 Å². The van der Waals surface area contributed by atoms with Crippen LogP contribution in [0.4, 0.5) is 0 Å². The lowest BCUT2D eigenvalue weighted by molar-refractivity contribution is 0.333. The van der Waals surface area contributed by atoms with Gasteiger partial charge >= 0.3 is 0 Å². The average Bonchev–Trinajstić information content (AvgIpc) is 2.30. The lowest BCUT2D eigenvalue weighted by Crippen LogP contribution is -2.37. The van der Waals surface area contributed by atoms with Crippen LogP contribution in [0, 0.1) is 11.8 Å². The van der Waals surface area contributed by atoms with Gasteiger partial charge in [0.2, 0.25) is 10.0 Å². The molecule has 3 nitrogen and oxygen atoms in total. The van der Waals surface area contributed by atoms with Gasteiger partial charge in [0, 0.05) is 18.1 Å². The third-order valence-electron chi connectivity index (χ3n) is 2.65. The minimum atomic E-state index is -3.63. The summed E-state index contributed by atoms with van der Waals surface area (Å²) >= 11 is 11.9. The quantitative estimate of drug-likeness (QED) is 0.776. The molecule has 0 atom stereocenters. The molecule has 1 rings (SSSR count). The van der Waals surface area contributed by atoms with Crippen molar-refractivity contribution in [1.29, 1.82) is 0 Å². The summed E-state index contributed by atoms with van der Waals surface area (Å²) in [5.41, 5.74) is 0. The smallest absolute Gasteiger partial charge is 0.207 e. The summed E-state index contributed by atoms with van der Waals surface area (Å²) in [6.07, 6.45) is 0. The normalized spacial score (nSPS) is 12.7. The van der Waals surface area contributed by atoms with Crippen molar-refractivity contribution in [3.8, 4) is 0 Å². The summed E-state index contributed by atoms with van der Waals surface area (Å²) in [6.45, 7) is 8.88. The maximum absolute atomic E-state index is 12.8. The van der Waals surface area contributed by atoms with E-state index in [0.29, 0.717) is 18.1 Å². The molecule has 0 spiro atoms. The van der Waals surface area contributed by atoms with Crippen molar-refractivity contribution >= 4 is 33.2 Å². The number of sulfonamides is 1. The van der Waals surface area contributed by atoms with Gasteiger partial charge in [-0.3, -0.25) is 0 Å². The Morgan fingerprint density at radius 2 is 1.55 bits per heavy atom. The van der Waals surface area contributed by atoms with E-state index < -0.39 is 10.0 Å². The molecule has 1 aromatic carbocycles. The van der Waals surface area contributed by atoms with Gasteiger partial charge in [0.25, 0.3) is 0 Å². The fraction of sp³-hybridized carbons (Fsp3) is 0.571. The van der Waals surface area contributed by atoms with Gasteiger partial charge in [-0.05, 0) is 30.0 Å². The summed E-state index contributed by atoms with van der Waals surface area (Å²) in [4.78, 5) is 0.0768. The second-order valence-electron chi connectivity index (χ2n) is 5.68. The molecule has 114 valence electrons. The Balaban J connectivity index is 3.24. The first kappa shape index (κ1) is 17.8. The van der Waals surface area contributed by atoms with Gasteiger partial charge in [-0.1, -0.05) is 50.9 Å². The molecule has 0 amide bonds. The monoisotopic (exact) mass is 337 g/mol. The number of halogens is 2. The highest BCUT2D eigenvalue weighted by atomic mass is 35.5. The summed E-state index contributed by atoms with van der Waals surface area (Å²) < 4.78 is 27.0. The maximum Gasteiger partial charge on any atom is 0.244 e. The number of benzene rings is 1. The molecule has 6 heteroatoms. The average molecular weight is 338 g/mol. The Bertz CT molecular complexity index is 546. The van der Waals surface area contributed by atoms with Crippen LogP contribution in [0.1, 0.15) is 27.7 Å². The third-order valence-corrected chi connectivity index (χ3v) is 5.20. The number of hydrogen-bond donors (Lipinski definition) is 0. The van der Waals surface area contributed by atoms with Crippen molar-refractivity contribution in [1.82, 2.24) is 4.31 Å². The van der Waals surface area contributed by atoms with Crippen molar-refractivity contribution in [2.75, 3.05) is 13.1 Å². The highest BCUT2D eigenvalue weighted by Crippen LogP contribution is 2.28. The van der Waals surface area contributed by atoms with Gasteiger partial charge < -0.3 is 0 Å². The van der Waals surface area contributed by atoms with Crippen LogP contribution >= 0.6 is 23.2 Å². The van der Waals surface area contributed by atoms with E-state index in [1.54, 1.807) is 6.07 Å². The predicted molar refractivity (Wildman–Crippen MR) is 84.9 cm³/mol. The molecular formula is C14H21Cl2NO2S. The third kappa shape index (κ3) is 4.62. The second-order valence-corrected chi connectivity index (χ2v) is 8.43. The van der Waals surface area contributed by atoms with Crippen molar-refractivity contribution in [2.45, 2.75) is 32.6 Å². The van der Waals surface area contributed by atoms with Crippen LogP contribution in [0.3, 0.4) is 0 Å². The lowest BCUT2D eigenvalue weighted by Gasteiger charge is -2.26. The summed E-state index contributed by atoms with van der Waals surface area (Å²) in [5.74, 6) is 0.475. The molecule has 20 heavy (non-hydrogen) atoms. The van der Waals surface area contributed by atoms with E-state index in [9.17, 15) is 8.42 Å². The standard InChI is InChI=1S/C14H21Cl2NO2S/c1-10(2)8-17(9-11(3)4)20(18,19)14-7-12(15)5-6-13(14)16/h5-7,10-11H,8-9H2,1-4H3. The molecule has 0 fully saturated rings. The van der Waals surface area contributed by atoms with Crippen LogP contribution in [0.15, 0.2) is 23.1 Å². The SMILES string of the molecule is CC(C)CN(CC(C)C)S(=O)(=O)c1cc(Cl)ccc1Cl. The largest absolute Gasteiger partial charge is 0.244 e. The highest BCUT2D eigenvalue weighted by Gasteiger charge is 2.28. The molecule has 0 aliphatic carbocycles. The number of hydrogen-bond acceptors (Lipinski definition) is 2. The molecule has 0 bridgehead atoms. The molecule has 0 saturated carbocycles. The van der Waals surface area contributed by atoms with E-state index in [1.165, 1.54) is 16.4 Å². The van der Waals surface area contributed by atoms with Crippen molar-refractivity contribution < 1.29 is 8.42 Å². The van der Waals surface area contributed by atoms with E-state index in [4.69, 9.17) is 23.2 Å². The van der Waals surface area contributed by atoms with Crippen LogP contribution in [0.2, 0.25) is 10.0 Å². The predicted octanol–water partition coefficient (Wildman–Crippen LogP) is 4.30. The minimum absolute atomic E-state index is 0.0768. The molecule has 0 saturated heterocycles. The van der Waals surface area contributed by atoms with Crippen molar-refractivity contribution in [2.24, 2.45) is 11.8 Å². The Labute approximate surface area is 131 Å². The van der Waals surface area contributed by atoms with Gasteiger partial charge in [0.15, 0.2) is 0 Å². The van der Waals surface area contributed by atoms with E-state index in [1.807, 2.05) is 27.7 Å². The Morgan fingerprint density at radius 1 is 1.05 bits per heavy atom. The van der Waals surface area contributed by atoms with Crippen molar-refractivity contribution in [3.05, 3.63) is 28.2 Å². The maximum atomic E-state index is 12.8. The summed E-state index contributed by atoms with van der Waals surface area (Å²) in [6, 6.07) is 4.50. The van der Waals surface area contributed by atoms with Crippen LogP contribution in [0.25, 0.3) is 0 Å².